The first-order valence-electron chi connectivity index (χ1n) is 4.31. The van der Waals surface area contributed by atoms with E-state index in [9.17, 15) is 4.79 Å². The highest BCUT2D eigenvalue weighted by molar-refractivity contribution is 5.81. The monoisotopic (exact) mass is 178 g/mol. The van der Waals surface area contributed by atoms with Gasteiger partial charge in [-0.2, -0.15) is 5.26 Å². The highest BCUT2D eigenvalue weighted by Gasteiger charge is 2.17. The number of nitrogens with zero attached hydrogens (tertiary/aromatic N) is 1. The summed E-state index contributed by atoms with van der Waals surface area (Å²) in [5.41, 5.74) is 0. The van der Waals surface area contributed by atoms with Crippen LogP contribution in [0.2, 0.25) is 0 Å². The highest BCUT2D eigenvalue weighted by Crippen LogP contribution is 2.04. The molecule has 0 aromatic heterocycles. The molecule has 3 heteroatoms. The zero-order valence-corrected chi connectivity index (χ0v) is 8.00. The van der Waals surface area contributed by atoms with Crippen LogP contribution in [0.3, 0.4) is 0 Å². The smallest absolute Gasteiger partial charge is 0.238 e. The minimum Gasteiger partial charge on any atom is -0.342 e. The Labute approximate surface area is 79.1 Å². The van der Waals surface area contributed by atoms with Crippen molar-refractivity contribution < 1.29 is 4.79 Å². The zero-order chi connectivity index (χ0) is 10.3. The standard InChI is InChI=1S/C10H14N2O/c1-4-6-9(7-11)10(13)12-8(3)5-2/h2,8-9H,4,6H2,1,3H3,(H,12,13). The van der Waals surface area contributed by atoms with E-state index in [1.165, 1.54) is 0 Å². The first-order chi connectivity index (χ1) is 6.15. The number of rotatable bonds is 4. The molecule has 0 radical (unpaired) electrons. The van der Waals surface area contributed by atoms with Crippen molar-refractivity contribution in [1.29, 1.82) is 5.26 Å². The van der Waals surface area contributed by atoms with Gasteiger partial charge in [0.05, 0.1) is 12.1 Å². The molecule has 0 rings (SSSR count). The molecule has 0 aliphatic heterocycles. The molecular weight excluding hydrogens is 164 g/mol. The molecule has 0 aromatic rings. The van der Waals surface area contributed by atoms with Crippen LogP contribution in [0.1, 0.15) is 26.7 Å². The van der Waals surface area contributed by atoms with Gasteiger partial charge in [-0.1, -0.05) is 19.3 Å². The Kier molecular flexibility index (Phi) is 5.39. The van der Waals surface area contributed by atoms with Gasteiger partial charge in [0, 0.05) is 0 Å². The topological polar surface area (TPSA) is 52.9 Å². The van der Waals surface area contributed by atoms with Crippen molar-refractivity contribution in [2.24, 2.45) is 5.92 Å². The Morgan fingerprint density at radius 3 is 2.69 bits per heavy atom. The summed E-state index contributed by atoms with van der Waals surface area (Å²) >= 11 is 0. The van der Waals surface area contributed by atoms with Gasteiger partial charge in [0.25, 0.3) is 0 Å². The number of hydrogen-bond donors (Lipinski definition) is 1. The van der Waals surface area contributed by atoms with E-state index in [2.05, 4.69) is 11.2 Å². The molecule has 1 N–H and O–H groups in total. The van der Waals surface area contributed by atoms with Crippen molar-refractivity contribution in [2.75, 3.05) is 0 Å². The lowest BCUT2D eigenvalue weighted by Crippen LogP contribution is -2.35. The summed E-state index contributed by atoms with van der Waals surface area (Å²) in [6.07, 6.45) is 6.49. The number of amides is 1. The van der Waals surface area contributed by atoms with E-state index in [0.29, 0.717) is 6.42 Å². The minimum absolute atomic E-state index is 0.269. The number of carbonyl (C=O) groups excluding carboxylic acids is 1. The Bertz CT molecular complexity index is 247. The summed E-state index contributed by atoms with van der Waals surface area (Å²) < 4.78 is 0. The lowest BCUT2D eigenvalue weighted by atomic mass is 10.0. The first-order valence-corrected chi connectivity index (χ1v) is 4.31. The number of nitriles is 1. The fourth-order valence-corrected chi connectivity index (χ4v) is 0.899. The van der Waals surface area contributed by atoms with Crippen LogP contribution >= 0.6 is 0 Å². The second-order valence-electron chi connectivity index (χ2n) is 2.87. The van der Waals surface area contributed by atoms with Gasteiger partial charge in [-0.05, 0) is 13.3 Å². The Hall–Kier alpha value is -1.48. The van der Waals surface area contributed by atoms with Crippen LogP contribution in [0.15, 0.2) is 0 Å². The lowest BCUT2D eigenvalue weighted by molar-refractivity contribution is -0.123. The number of carbonyl (C=O) groups is 1. The molecule has 0 aromatic carbocycles. The molecular formula is C10H14N2O. The largest absolute Gasteiger partial charge is 0.342 e. The van der Waals surface area contributed by atoms with Crippen LogP contribution in [0.25, 0.3) is 0 Å². The van der Waals surface area contributed by atoms with E-state index in [1.54, 1.807) is 6.92 Å². The second-order valence-corrected chi connectivity index (χ2v) is 2.87. The molecule has 0 saturated carbocycles. The number of terminal acetylenes is 1. The van der Waals surface area contributed by atoms with Gasteiger partial charge in [0.2, 0.25) is 5.91 Å². The maximum absolute atomic E-state index is 11.3. The third-order valence-corrected chi connectivity index (χ3v) is 1.66. The second kappa shape index (κ2) is 6.08. The van der Waals surface area contributed by atoms with E-state index in [-0.39, 0.29) is 11.9 Å². The molecule has 3 nitrogen and oxygen atoms in total. The van der Waals surface area contributed by atoms with Crippen molar-refractivity contribution in [3.63, 3.8) is 0 Å². The van der Waals surface area contributed by atoms with Crippen LogP contribution < -0.4 is 5.32 Å². The molecule has 70 valence electrons. The third-order valence-electron chi connectivity index (χ3n) is 1.66. The Morgan fingerprint density at radius 2 is 2.31 bits per heavy atom. The van der Waals surface area contributed by atoms with Gasteiger partial charge in [-0.3, -0.25) is 4.79 Å². The molecule has 0 aliphatic carbocycles. The zero-order valence-electron chi connectivity index (χ0n) is 8.00. The van der Waals surface area contributed by atoms with E-state index in [1.807, 2.05) is 13.0 Å². The van der Waals surface area contributed by atoms with Crippen molar-refractivity contribution in [1.82, 2.24) is 5.32 Å². The summed E-state index contributed by atoms with van der Waals surface area (Å²) in [5, 5.41) is 11.2. The van der Waals surface area contributed by atoms with Gasteiger partial charge in [-0.25, -0.2) is 0 Å². The molecule has 0 bridgehead atoms. The number of nitrogens with one attached hydrogen (secondary N) is 1. The molecule has 0 fully saturated rings. The maximum Gasteiger partial charge on any atom is 0.238 e. The quantitative estimate of drug-likeness (QED) is 0.654. The predicted molar refractivity (Wildman–Crippen MR) is 50.4 cm³/mol. The van der Waals surface area contributed by atoms with Gasteiger partial charge >= 0.3 is 0 Å². The van der Waals surface area contributed by atoms with Crippen LogP contribution in [-0.2, 0) is 4.79 Å². The average Bonchev–Trinajstić information content (AvgIpc) is 2.13. The van der Waals surface area contributed by atoms with Gasteiger partial charge < -0.3 is 5.32 Å². The molecule has 13 heavy (non-hydrogen) atoms. The molecule has 0 heterocycles. The Morgan fingerprint density at radius 1 is 1.69 bits per heavy atom. The predicted octanol–water partition coefficient (Wildman–Crippen LogP) is 1.06. The summed E-state index contributed by atoms with van der Waals surface area (Å²) in [5.74, 6) is 1.54. The molecule has 1 amide bonds. The van der Waals surface area contributed by atoms with Crippen molar-refractivity contribution in [3.05, 3.63) is 0 Å². The maximum atomic E-state index is 11.3. The van der Waals surface area contributed by atoms with Crippen LogP contribution in [0.4, 0.5) is 0 Å². The fourth-order valence-electron chi connectivity index (χ4n) is 0.899. The van der Waals surface area contributed by atoms with Gasteiger partial charge in [-0.15, -0.1) is 6.42 Å². The minimum atomic E-state index is -0.569. The third kappa shape index (κ3) is 4.18. The summed E-state index contributed by atoms with van der Waals surface area (Å²) in [6.45, 7) is 3.64. The normalized spacial score (nSPS) is 13.5. The molecule has 2 atom stereocenters. The van der Waals surface area contributed by atoms with E-state index < -0.39 is 5.92 Å². The fraction of sp³-hybridized carbons (Fsp3) is 0.600. The molecule has 0 saturated heterocycles. The van der Waals surface area contributed by atoms with Crippen molar-refractivity contribution in [2.45, 2.75) is 32.7 Å². The molecule has 0 aliphatic rings. The number of hydrogen-bond acceptors (Lipinski definition) is 2. The Balaban J connectivity index is 4.10. The van der Waals surface area contributed by atoms with Gasteiger partial charge in [0.15, 0.2) is 0 Å². The van der Waals surface area contributed by atoms with Crippen molar-refractivity contribution >= 4 is 5.91 Å². The van der Waals surface area contributed by atoms with E-state index in [0.717, 1.165) is 6.42 Å². The average molecular weight is 178 g/mol. The highest BCUT2D eigenvalue weighted by atomic mass is 16.1. The lowest BCUT2D eigenvalue weighted by Gasteiger charge is -2.10. The first kappa shape index (κ1) is 11.5. The van der Waals surface area contributed by atoms with Gasteiger partial charge in [0.1, 0.15) is 5.92 Å². The van der Waals surface area contributed by atoms with E-state index >= 15 is 0 Å². The summed E-state index contributed by atoms with van der Waals surface area (Å²) in [7, 11) is 0. The van der Waals surface area contributed by atoms with Crippen LogP contribution in [0, 0.1) is 29.6 Å². The van der Waals surface area contributed by atoms with Crippen LogP contribution in [-0.4, -0.2) is 11.9 Å². The van der Waals surface area contributed by atoms with E-state index in [4.69, 9.17) is 11.7 Å². The summed E-state index contributed by atoms with van der Waals surface area (Å²) in [4.78, 5) is 11.3. The van der Waals surface area contributed by atoms with Crippen molar-refractivity contribution in [3.8, 4) is 18.4 Å². The summed E-state index contributed by atoms with van der Waals surface area (Å²) in [6, 6.07) is 1.65. The SMILES string of the molecule is C#CC(C)NC(=O)C(C#N)CCC. The molecule has 2 unspecified atom stereocenters. The molecule has 0 spiro atoms. The van der Waals surface area contributed by atoms with Crippen LogP contribution in [0.5, 0.6) is 0 Å².